The van der Waals surface area contributed by atoms with Crippen molar-refractivity contribution < 1.29 is 8.83 Å². The Kier molecular flexibility index (Phi) is 7.76. The molecule has 0 bridgehead atoms. The molecule has 0 spiro atoms. The van der Waals surface area contributed by atoms with Crippen LogP contribution in [0, 0.1) is 25.2 Å². The summed E-state index contributed by atoms with van der Waals surface area (Å²) in [5.41, 5.74) is 17.9. The minimum absolute atomic E-state index is 0.389. The van der Waals surface area contributed by atoms with E-state index in [0.29, 0.717) is 56.2 Å². The number of fused-ring (bicyclic) bond motifs is 2. The molecule has 7 rings (SSSR count). The summed E-state index contributed by atoms with van der Waals surface area (Å²) in [4.78, 5) is 24.8. The summed E-state index contributed by atoms with van der Waals surface area (Å²) < 4.78 is 10.8. The van der Waals surface area contributed by atoms with Crippen LogP contribution in [0.5, 0.6) is 0 Å². The highest BCUT2D eigenvalue weighted by Gasteiger charge is 2.16. The van der Waals surface area contributed by atoms with E-state index in [4.69, 9.17) is 25.6 Å². The molecule has 0 amide bonds. The van der Waals surface area contributed by atoms with Crippen molar-refractivity contribution in [1.82, 2.24) is 20.4 Å². The Hall–Kier alpha value is -6.67. The third-order valence-corrected chi connectivity index (χ3v) is 7.48. The summed E-state index contributed by atoms with van der Waals surface area (Å²) in [6, 6.07) is 26.8. The Labute approximate surface area is 261 Å². The quantitative estimate of drug-likeness (QED) is 0.182. The maximum atomic E-state index is 12.6. The van der Waals surface area contributed by atoms with Gasteiger partial charge in [0.05, 0.1) is 22.8 Å². The smallest absolute Gasteiger partial charge is 0.344 e. The molecule has 4 aromatic carbocycles. The zero-order valence-electron chi connectivity index (χ0n) is 24.7. The van der Waals surface area contributed by atoms with Crippen LogP contribution in [0.3, 0.4) is 0 Å². The van der Waals surface area contributed by atoms with E-state index in [1.807, 2.05) is 50.2 Å². The molecule has 0 fully saturated rings. The molecule has 0 saturated heterocycles. The Morgan fingerprint density at radius 2 is 1.15 bits per heavy atom. The third-order valence-electron chi connectivity index (χ3n) is 7.48. The lowest BCUT2D eigenvalue weighted by Crippen LogP contribution is -2.06. The van der Waals surface area contributed by atoms with Gasteiger partial charge in [-0.2, -0.15) is 5.26 Å². The monoisotopic (exact) mass is 607 g/mol. The topological polar surface area (TPSA) is 188 Å². The van der Waals surface area contributed by atoms with Crippen LogP contribution in [0.25, 0.3) is 55.6 Å². The summed E-state index contributed by atoms with van der Waals surface area (Å²) in [7, 11) is 0. The number of hydrogen-bond donors (Lipinski definition) is 2. The predicted molar refractivity (Wildman–Crippen MR) is 175 cm³/mol. The first-order chi connectivity index (χ1) is 22.2. The molecule has 46 heavy (non-hydrogen) atoms. The van der Waals surface area contributed by atoms with Crippen molar-refractivity contribution in [3.63, 3.8) is 0 Å². The second-order valence-electron chi connectivity index (χ2n) is 10.4. The van der Waals surface area contributed by atoms with Gasteiger partial charge in [0.25, 0.3) is 0 Å². The van der Waals surface area contributed by atoms with Crippen LogP contribution < -0.4 is 22.7 Å². The van der Waals surface area contributed by atoms with Gasteiger partial charge in [-0.25, -0.2) is 9.59 Å². The van der Waals surface area contributed by atoms with Gasteiger partial charge in [-0.15, -0.1) is 20.4 Å². The van der Waals surface area contributed by atoms with Gasteiger partial charge in [-0.1, -0.05) is 30.3 Å². The number of anilines is 2. The lowest BCUT2D eigenvalue weighted by molar-refractivity contribution is 0.562. The number of benzene rings is 4. The van der Waals surface area contributed by atoms with E-state index in [-0.39, 0.29) is 0 Å². The molecule has 4 N–H and O–H groups in total. The van der Waals surface area contributed by atoms with Crippen LogP contribution >= 0.6 is 0 Å². The maximum absolute atomic E-state index is 12.6. The number of nitriles is 1. The lowest BCUT2D eigenvalue weighted by atomic mass is 9.98. The van der Waals surface area contributed by atoms with Gasteiger partial charge in [0.2, 0.25) is 5.82 Å². The Balaban J connectivity index is 0.000000164. The number of nitrogen functional groups attached to an aromatic ring is 2. The molecule has 0 saturated carbocycles. The summed E-state index contributed by atoms with van der Waals surface area (Å²) in [6.07, 6.45) is 1.27. The molecule has 7 aromatic rings. The fourth-order valence-corrected chi connectivity index (χ4v) is 5.29. The largest absolute Gasteiger partial charge is 0.422 e. The molecule has 0 aliphatic rings. The molecule has 3 aromatic heterocycles. The van der Waals surface area contributed by atoms with Crippen LogP contribution in [-0.4, -0.2) is 20.4 Å². The van der Waals surface area contributed by atoms with Crippen LogP contribution in [-0.2, 0) is 0 Å². The second kappa shape index (κ2) is 12.1. The number of nitrogens with two attached hydrogens (primary N) is 2. The van der Waals surface area contributed by atoms with E-state index >= 15 is 0 Å². The first-order valence-electron chi connectivity index (χ1n) is 14.0. The minimum Gasteiger partial charge on any atom is -0.422 e. The summed E-state index contributed by atoms with van der Waals surface area (Å²) in [5, 5.41) is 26.0. The molecule has 0 radical (unpaired) electrons. The van der Waals surface area contributed by atoms with Gasteiger partial charge in [-0.05, 0) is 78.6 Å². The molecule has 0 atom stereocenters. The van der Waals surface area contributed by atoms with Crippen molar-refractivity contribution in [3.8, 4) is 39.7 Å². The molecule has 11 heteroatoms. The van der Waals surface area contributed by atoms with Crippen LogP contribution in [0.1, 0.15) is 16.7 Å². The Morgan fingerprint density at radius 3 is 1.70 bits per heavy atom. The van der Waals surface area contributed by atoms with E-state index in [9.17, 15) is 9.59 Å². The van der Waals surface area contributed by atoms with Crippen molar-refractivity contribution >= 4 is 33.3 Å². The highest BCUT2D eigenvalue weighted by Crippen LogP contribution is 2.30. The third kappa shape index (κ3) is 5.66. The average Bonchev–Trinajstić information content (AvgIpc) is 3.05. The fraction of sp³-hybridized carbons (Fsp3) is 0.0571. The standard InChI is InChI=1S/C18H13N5O2.C17H12N2O2/c1-10-14-6-5-13(19)8-15(14)25-18(24)16(10)11-3-2-4-12(7-11)17-22-20-9-21-23-17;1-10-14-6-5-13(19)8-15(14)21-17(20)16(10)12-4-2-3-11(7-12)9-18/h2-9H,19H2,1H3;2-8H,19H2,1H3. The zero-order chi connectivity index (χ0) is 32.4. The van der Waals surface area contributed by atoms with Crippen LogP contribution in [0.4, 0.5) is 11.4 Å². The highest BCUT2D eigenvalue weighted by molar-refractivity contribution is 5.89. The van der Waals surface area contributed by atoms with Gasteiger partial charge in [0.15, 0.2) is 6.33 Å². The molecular weight excluding hydrogens is 582 g/mol. The molecule has 0 aliphatic heterocycles. The number of rotatable bonds is 3. The molecule has 0 aliphatic carbocycles. The number of aryl methyl sites for hydroxylation is 2. The van der Waals surface area contributed by atoms with Crippen molar-refractivity contribution in [2.75, 3.05) is 11.5 Å². The van der Waals surface area contributed by atoms with Gasteiger partial charge in [0.1, 0.15) is 11.2 Å². The number of aromatic nitrogens is 4. The molecular formula is C35H25N7O4. The van der Waals surface area contributed by atoms with Crippen molar-refractivity contribution in [3.05, 3.63) is 129 Å². The van der Waals surface area contributed by atoms with Gasteiger partial charge < -0.3 is 20.3 Å². The van der Waals surface area contributed by atoms with Gasteiger partial charge in [0, 0.05) is 39.8 Å². The zero-order valence-corrected chi connectivity index (χ0v) is 24.7. The summed E-state index contributed by atoms with van der Waals surface area (Å²) >= 11 is 0. The highest BCUT2D eigenvalue weighted by atomic mass is 16.4. The van der Waals surface area contributed by atoms with E-state index < -0.39 is 11.3 Å². The van der Waals surface area contributed by atoms with Crippen molar-refractivity contribution in [1.29, 1.82) is 5.26 Å². The first-order valence-corrected chi connectivity index (χ1v) is 14.0. The summed E-state index contributed by atoms with van der Waals surface area (Å²) in [5.74, 6) is 0.389. The molecule has 0 unspecified atom stereocenters. The number of hydrogen-bond acceptors (Lipinski definition) is 11. The lowest BCUT2D eigenvalue weighted by Gasteiger charge is -2.09. The minimum atomic E-state index is -0.430. The van der Waals surface area contributed by atoms with Crippen LogP contribution in [0.2, 0.25) is 0 Å². The predicted octanol–water partition coefficient (Wildman–Crippen LogP) is 5.82. The molecule has 224 valence electrons. The van der Waals surface area contributed by atoms with Gasteiger partial charge in [-0.3, -0.25) is 0 Å². The van der Waals surface area contributed by atoms with E-state index in [0.717, 1.165) is 27.5 Å². The summed E-state index contributed by atoms with van der Waals surface area (Å²) in [6.45, 7) is 3.75. The second-order valence-corrected chi connectivity index (χ2v) is 10.4. The number of nitrogens with zero attached hydrogens (tertiary/aromatic N) is 5. The first kappa shape index (κ1) is 29.4. The van der Waals surface area contributed by atoms with E-state index in [1.165, 1.54) is 6.33 Å². The molecule has 3 heterocycles. The van der Waals surface area contributed by atoms with Crippen molar-refractivity contribution in [2.24, 2.45) is 0 Å². The van der Waals surface area contributed by atoms with E-state index in [1.54, 1.807) is 48.5 Å². The van der Waals surface area contributed by atoms with Gasteiger partial charge >= 0.3 is 11.3 Å². The average molecular weight is 608 g/mol. The molecule has 11 nitrogen and oxygen atoms in total. The normalized spacial score (nSPS) is 10.7. The van der Waals surface area contributed by atoms with E-state index in [2.05, 4.69) is 26.5 Å². The SMILES string of the molecule is Cc1c(-c2cccc(-c3nncnn3)c2)c(=O)oc2cc(N)ccc12.Cc1c(-c2cccc(C#N)c2)c(=O)oc2cc(N)ccc12. The Morgan fingerprint density at radius 1 is 0.652 bits per heavy atom. The fourth-order valence-electron chi connectivity index (χ4n) is 5.29. The van der Waals surface area contributed by atoms with Crippen LogP contribution in [0.15, 0.2) is 110 Å². The maximum Gasteiger partial charge on any atom is 0.344 e. The van der Waals surface area contributed by atoms with Crippen molar-refractivity contribution in [2.45, 2.75) is 13.8 Å². The Bertz CT molecular complexity index is 2430.